The minimum absolute atomic E-state index is 0.133. The summed E-state index contributed by atoms with van der Waals surface area (Å²) in [5.41, 5.74) is 1.47. The molecule has 1 unspecified atom stereocenters. The third-order valence-electron chi connectivity index (χ3n) is 6.49. The first-order chi connectivity index (χ1) is 19.4. The summed E-state index contributed by atoms with van der Waals surface area (Å²) >= 11 is 1.19. The predicted molar refractivity (Wildman–Crippen MR) is 154 cm³/mol. The Morgan fingerprint density at radius 1 is 1.12 bits per heavy atom. The highest BCUT2D eigenvalue weighted by molar-refractivity contribution is 7.17. The van der Waals surface area contributed by atoms with Gasteiger partial charge in [0, 0.05) is 32.3 Å². The number of hydrogen-bond donors (Lipinski definition) is 3. The van der Waals surface area contributed by atoms with E-state index in [1.165, 1.54) is 11.3 Å². The fourth-order valence-electron chi connectivity index (χ4n) is 4.53. The van der Waals surface area contributed by atoms with E-state index in [2.05, 4.69) is 25.5 Å². The van der Waals surface area contributed by atoms with Crippen molar-refractivity contribution in [2.75, 3.05) is 63.2 Å². The van der Waals surface area contributed by atoms with Gasteiger partial charge in [0.25, 0.3) is 0 Å². The molecule has 0 amide bonds. The normalized spacial score (nSPS) is 14.9. The maximum absolute atomic E-state index is 12.3. The van der Waals surface area contributed by atoms with Crippen LogP contribution in [-0.2, 0) is 11.3 Å². The molecule has 0 aliphatic carbocycles. The second-order valence-electron chi connectivity index (χ2n) is 9.24. The van der Waals surface area contributed by atoms with Crippen molar-refractivity contribution in [3.63, 3.8) is 0 Å². The maximum Gasteiger partial charge on any atom is 0.350 e. The molecule has 13 heteroatoms. The van der Waals surface area contributed by atoms with Crippen molar-refractivity contribution in [2.24, 2.45) is 5.92 Å². The number of aromatic nitrogens is 3. The van der Waals surface area contributed by atoms with Crippen LogP contribution in [0.15, 0.2) is 18.2 Å². The first kappa shape index (κ1) is 29.2. The summed E-state index contributed by atoms with van der Waals surface area (Å²) in [5.74, 6) is 3.07. The van der Waals surface area contributed by atoms with Gasteiger partial charge in [-0.3, -0.25) is 5.32 Å². The minimum Gasteiger partial charge on any atom is -0.493 e. The molecule has 2 aromatic heterocycles. The third-order valence-corrected chi connectivity index (χ3v) is 7.54. The van der Waals surface area contributed by atoms with E-state index in [9.17, 15) is 9.90 Å². The molecule has 1 aliphatic heterocycles. The lowest BCUT2D eigenvalue weighted by Crippen LogP contribution is -2.37. The number of rotatable bonds is 12. The molecule has 0 saturated carbocycles. The van der Waals surface area contributed by atoms with Gasteiger partial charge in [-0.05, 0) is 50.3 Å². The number of anilines is 4. The van der Waals surface area contributed by atoms with E-state index in [0.29, 0.717) is 57.8 Å². The molecule has 1 atom stereocenters. The van der Waals surface area contributed by atoms with E-state index in [1.54, 1.807) is 35.2 Å². The Labute approximate surface area is 237 Å². The van der Waals surface area contributed by atoms with Crippen LogP contribution in [0, 0.1) is 12.8 Å². The zero-order chi connectivity index (χ0) is 28.6. The van der Waals surface area contributed by atoms with Crippen molar-refractivity contribution in [2.45, 2.75) is 33.2 Å². The largest absolute Gasteiger partial charge is 0.493 e. The minimum atomic E-state index is -0.406. The zero-order valence-corrected chi connectivity index (χ0v) is 24.3. The number of methoxy groups -OCH3 is 3. The van der Waals surface area contributed by atoms with Gasteiger partial charge in [-0.15, -0.1) is 0 Å². The lowest BCUT2D eigenvalue weighted by molar-refractivity contribution is 0.0531. The van der Waals surface area contributed by atoms with Crippen molar-refractivity contribution < 1.29 is 28.8 Å². The fourth-order valence-corrected chi connectivity index (χ4v) is 5.38. The standard InChI is InChI=1S/C27H36N6O6S/c1-6-39-25(35)24-16(2)29-27(40-24)32-26-30-21(12-22(31-26)33-9-7-8-17(14-33)15-34)28-13-18-10-19(36-3)23(38-5)20(11-18)37-4/h10-12,17,34H,6-9,13-15H2,1-5H3,(H2,28,29,30,31,32). The van der Waals surface area contributed by atoms with Gasteiger partial charge in [0.05, 0.1) is 33.6 Å². The molecule has 3 heterocycles. The summed E-state index contributed by atoms with van der Waals surface area (Å²) in [7, 11) is 4.72. The highest BCUT2D eigenvalue weighted by Gasteiger charge is 2.23. The second kappa shape index (κ2) is 13.5. The average molecular weight is 573 g/mol. The van der Waals surface area contributed by atoms with Crippen LogP contribution in [0.25, 0.3) is 0 Å². The molecule has 4 rings (SSSR count). The molecule has 3 N–H and O–H groups in total. The number of piperidine rings is 1. The highest BCUT2D eigenvalue weighted by Crippen LogP contribution is 2.38. The van der Waals surface area contributed by atoms with Crippen LogP contribution in [0.4, 0.5) is 22.7 Å². The van der Waals surface area contributed by atoms with Crippen LogP contribution in [0.1, 0.15) is 40.7 Å². The number of aliphatic hydroxyl groups excluding tert-OH is 1. The summed E-state index contributed by atoms with van der Waals surface area (Å²) in [6.07, 6.45) is 1.94. The summed E-state index contributed by atoms with van der Waals surface area (Å²) in [5, 5.41) is 16.8. The Hall–Kier alpha value is -3.84. The van der Waals surface area contributed by atoms with Crippen molar-refractivity contribution in [1.29, 1.82) is 0 Å². The topological polar surface area (TPSA) is 140 Å². The number of ether oxygens (including phenoxy) is 4. The van der Waals surface area contributed by atoms with Gasteiger partial charge < -0.3 is 34.3 Å². The van der Waals surface area contributed by atoms with Crippen LogP contribution in [0.5, 0.6) is 17.2 Å². The Bertz CT molecular complexity index is 1290. The van der Waals surface area contributed by atoms with Crippen molar-refractivity contribution in [1.82, 2.24) is 15.0 Å². The summed E-state index contributed by atoms with van der Waals surface area (Å²) in [4.78, 5) is 28.8. The predicted octanol–water partition coefficient (Wildman–Crippen LogP) is 4.01. The molecule has 12 nitrogen and oxygen atoms in total. The average Bonchev–Trinajstić information content (AvgIpc) is 3.34. The Morgan fingerprint density at radius 2 is 1.88 bits per heavy atom. The fraction of sp³-hybridized carbons (Fsp3) is 0.481. The van der Waals surface area contributed by atoms with Crippen molar-refractivity contribution in [3.05, 3.63) is 34.3 Å². The molecule has 0 bridgehead atoms. The molecule has 0 spiro atoms. The molecular weight excluding hydrogens is 536 g/mol. The number of carbonyl (C=O) groups is 1. The van der Waals surface area contributed by atoms with Gasteiger partial charge >= 0.3 is 5.97 Å². The van der Waals surface area contributed by atoms with Gasteiger partial charge in [-0.25, -0.2) is 9.78 Å². The van der Waals surface area contributed by atoms with Gasteiger partial charge in [0.15, 0.2) is 16.6 Å². The molecule has 1 saturated heterocycles. The van der Waals surface area contributed by atoms with Crippen molar-refractivity contribution in [3.8, 4) is 17.2 Å². The molecule has 3 aromatic rings. The van der Waals surface area contributed by atoms with Gasteiger partial charge in [0.1, 0.15) is 16.5 Å². The second-order valence-corrected chi connectivity index (χ2v) is 10.2. The molecule has 40 heavy (non-hydrogen) atoms. The van der Waals surface area contributed by atoms with Crippen LogP contribution in [0.3, 0.4) is 0 Å². The molecule has 1 aliphatic rings. The summed E-state index contributed by atoms with van der Waals surface area (Å²) < 4.78 is 21.5. The van der Waals surface area contributed by atoms with Crippen molar-refractivity contribution >= 4 is 40.0 Å². The molecule has 1 aromatic carbocycles. The number of benzene rings is 1. The third kappa shape index (κ3) is 6.83. The van der Waals surface area contributed by atoms with E-state index in [-0.39, 0.29) is 19.1 Å². The molecule has 1 fully saturated rings. The molecular formula is C27H36N6O6S. The number of hydrogen-bond acceptors (Lipinski definition) is 13. The molecule has 216 valence electrons. The van der Waals surface area contributed by atoms with Crippen LogP contribution in [-0.4, -0.2) is 73.7 Å². The number of esters is 1. The van der Waals surface area contributed by atoms with E-state index >= 15 is 0 Å². The van der Waals surface area contributed by atoms with Crippen LogP contribution >= 0.6 is 11.3 Å². The maximum atomic E-state index is 12.3. The first-order valence-corrected chi connectivity index (χ1v) is 13.9. The number of thiazole rings is 1. The van der Waals surface area contributed by atoms with Crippen LogP contribution < -0.4 is 29.7 Å². The lowest BCUT2D eigenvalue weighted by atomic mass is 9.99. The number of aryl methyl sites for hydroxylation is 1. The monoisotopic (exact) mass is 572 g/mol. The SMILES string of the molecule is CCOC(=O)c1sc(Nc2nc(NCc3cc(OC)c(OC)c(OC)c3)cc(N3CCCC(CO)C3)n2)nc1C. The number of carbonyl (C=O) groups excluding carboxylic acids is 1. The van der Waals surface area contributed by atoms with Gasteiger partial charge in [0.2, 0.25) is 11.7 Å². The zero-order valence-electron chi connectivity index (χ0n) is 23.4. The molecule has 0 radical (unpaired) electrons. The lowest BCUT2D eigenvalue weighted by Gasteiger charge is -2.33. The Morgan fingerprint density at radius 3 is 2.52 bits per heavy atom. The van der Waals surface area contributed by atoms with E-state index < -0.39 is 5.97 Å². The van der Waals surface area contributed by atoms with E-state index in [4.69, 9.17) is 23.9 Å². The number of nitrogens with zero attached hydrogens (tertiary/aromatic N) is 4. The quantitative estimate of drug-likeness (QED) is 0.270. The van der Waals surface area contributed by atoms with Gasteiger partial charge in [-0.2, -0.15) is 9.97 Å². The number of aliphatic hydroxyl groups is 1. The van der Waals surface area contributed by atoms with E-state index in [1.807, 2.05) is 18.2 Å². The highest BCUT2D eigenvalue weighted by atomic mass is 32.1. The smallest absolute Gasteiger partial charge is 0.350 e. The Kier molecular flexibility index (Phi) is 9.83. The number of nitrogens with one attached hydrogen (secondary N) is 2. The van der Waals surface area contributed by atoms with Crippen LogP contribution in [0.2, 0.25) is 0 Å². The first-order valence-electron chi connectivity index (χ1n) is 13.1. The van der Waals surface area contributed by atoms with E-state index in [0.717, 1.165) is 30.8 Å². The summed E-state index contributed by atoms with van der Waals surface area (Å²) in [6, 6.07) is 5.64. The Balaban J connectivity index is 1.62. The summed E-state index contributed by atoms with van der Waals surface area (Å²) in [6.45, 7) is 5.89. The van der Waals surface area contributed by atoms with Gasteiger partial charge in [-0.1, -0.05) is 11.3 Å².